The summed E-state index contributed by atoms with van der Waals surface area (Å²) in [5, 5.41) is 3.45. The van der Waals surface area contributed by atoms with Crippen molar-refractivity contribution >= 4 is 44.9 Å². The second-order valence-corrected chi connectivity index (χ2v) is 9.61. The molecule has 0 fully saturated rings. The molecule has 0 aliphatic heterocycles. The first kappa shape index (κ1) is 19.8. The lowest BCUT2D eigenvalue weighted by Gasteiger charge is -2.16. The van der Waals surface area contributed by atoms with Gasteiger partial charge in [-0.3, -0.25) is 4.79 Å². The maximum atomic E-state index is 14.0. The predicted octanol–water partition coefficient (Wildman–Crippen LogP) is 6.62. The van der Waals surface area contributed by atoms with Gasteiger partial charge in [-0.1, -0.05) is 47.6 Å². The molecule has 7 heteroatoms. The third-order valence-electron chi connectivity index (χ3n) is 5.50. The molecular weight excluding hydrogens is 439 g/mol. The van der Waals surface area contributed by atoms with E-state index in [0.717, 1.165) is 24.0 Å². The summed E-state index contributed by atoms with van der Waals surface area (Å²) < 4.78 is 14.0. The van der Waals surface area contributed by atoms with E-state index in [0.29, 0.717) is 31.7 Å². The first-order valence-corrected chi connectivity index (χ1v) is 12.0. The number of hydrogen-bond acceptors (Lipinski definition) is 4. The Bertz CT molecular complexity index is 1290. The lowest BCUT2D eigenvalue weighted by atomic mass is 9.89. The van der Waals surface area contributed by atoms with Crippen LogP contribution in [-0.4, -0.2) is 9.97 Å². The van der Waals surface area contributed by atoms with Crippen LogP contribution in [0.2, 0.25) is 5.02 Å². The number of aromatic amines is 1. The monoisotopic (exact) mass is 456 g/mol. The standard InChI is InChI=1S/C23H18ClFN2OS2/c24-18-6-3-7-19(25)17(18)12-30-23-26-21(28)20-16(11-29-22(20)27-23)15-9-8-13-4-1-2-5-14(13)10-15/h3,6-11H,1-2,4-5,12H2,(H,26,27,28). The van der Waals surface area contributed by atoms with Gasteiger partial charge in [0, 0.05) is 27.3 Å². The van der Waals surface area contributed by atoms with Crippen molar-refractivity contribution < 1.29 is 4.39 Å². The number of nitrogens with one attached hydrogen (secondary N) is 1. The number of aryl methyl sites for hydroxylation is 2. The number of halogens is 2. The topological polar surface area (TPSA) is 45.8 Å². The Balaban J connectivity index is 1.47. The van der Waals surface area contributed by atoms with Gasteiger partial charge in [0.05, 0.1) is 5.39 Å². The Hall–Kier alpha value is -2.15. The number of rotatable bonds is 4. The maximum Gasteiger partial charge on any atom is 0.260 e. The molecule has 0 radical (unpaired) electrons. The van der Waals surface area contributed by atoms with Gasteiger partial charge in [-0.2, -0.15) is 0 Å². The summed E-state index contributed by atoms with van der Waals surface area (Å²) in [6.45, 7) is 0. The summed E-state index contributed by atoms with van der Waals surface area (Å²) in [6, 6.07) is 11.1. The number of fused-ring (bicyclic) bond motifs is 2. The minimum atomic E-state index is -0.357. The zero-order valence-corrected chi connectivity index (χ0v) is 18.4. The highest BCUT2D eigenvalue weighted by molar-refractivity contribution is 7.98. The van der Waals surface area contributed by atoms with E-state index in [-0.39, 0.29) is 11.4 Å². The molecule has 0 atom stereocenters. The molecule has 2 aromatic heterocycles. The minimum Gasteiger partial charge on any atom is -0.301 e. The summed E-state index contributed by atoms with van der Waals surface area (Å²) in [6.07, 6.45) is 4.69. The number of thiophene rings is 1. The minimum absolute atomic E-state index is 0.170. The van der Waals surface area contributed by atoms with E-state index in [4.69, 9.17) is 11.6 Å². The highest BCUT2D eigenvalue weighted by Gasteiger charge is 2.16. The summed E-state index contributed by atoms with van der Waals surface area (Å²) in [4.78, 5) is 21.0. The Kier molecular flexibility index (Phi) is 5.39. The van der Waals surface area contributed by atoms with Gasteiger partial charge in [0.2, 0.25) is 0 Å². The van der Waals surface area contributed by atoms with Crippen molar-refractivity contribution in [3.05, 3.63) is 79.7 Å². The molecule has 3 nitrogen and oxygen atoms in total. The normalized spacial score (nSPS) is 13.5. The van der Waals surface area contributed by atoms with Crippen molar-refractivity contribution in [2.75, 3.05) is 0 Å². The van der Waals surface area contributed by atoms with Gasteiger partial charge in [-0.15, -0.1) is 11.3 Å². The zero-order valence-electron chi connectivity index (χ0n) is 16.0. The van der Waals surface area contributed by atoms with E-state index in [1.165, 1.54) is 53.1 Å². The Labute approximate surface area is 186 Å². The van der Waals surface area contributed by atoms with Gasteiger partial charge in [0.25, 0.3) is 5.56 Å². The fraction of sp³-hybridized carbons (Fsp3) is 0.217. The first-order valence-electron chi connectivity index (χ1n) is 9.79. The molecule has 0 spiro atoms. The van der Waals surface area contributed by atoms with Gasteiger partial charge in [-0.05, 0) is 54.5 Å². The second kappa shape index (κ2) is 8.17. The van der Waals surface area contributed by atoms with Crippen LogP contribution in [0.5, 0.6) is 0 Å². The molecule has 0 unspecified atom stereocenters. The molecule has 4 aromatic rings. The van der Waals surface area contributed by atoms with E-state index < -0.39 is 0 Å². The first-order chi connectivity index (χ1) is 14.6. The molecular formula is C23H18ClFN2OS2. The van der Waals surface area contributed by atoms with Gasteiger partial charge in [0.15, 0.2) is 5.16 Å². The van der Waals surface area contributed by atoms with Gasteiger partial charge in [-0.25, -0.2) is 9.37 Å². The number of benzene rings is 2. The fourth-order valence-corrected chi connectivity index (χ4v) is 6.13. The Morgan fingerprint density at radius 1 is 1.17 bits per heavy atom. The maximum absolute atomic E-state index is 14.0. The van der Waals surface area contributed by atoms with E-state index >= 15 is 0 Å². The van der Waals surface area contributed by atoms with Crippen molar-refractivity contribution in [1.82, 2.24) is 9.97 Å². The summed E-state index contributed by atoms with van der Waals surface area (Å²) in [7, 11) is 0. The van der Waals surface area contributed by atoms with Crippen molar-refractivity contribution in [2.45, 2.75) is 36.6 Å². The van der Waals surface area contributed by atoms with Crippen LogP contribution in [0.4, 0.5) is 4.39 Å². The predicted molar refractivity (Wildman–Crippen MR) is 123 cm³/mol. The molecule has 5 rings (SSSR count). The summed E-state index contributed by atoms with van der Waals surface area (Å²) in [5.74, 6) is -0.0625. The lowest BCUT2D eigenvalue weighted by molar-refractivity contribution is 0.617. The number of aromatic nitrogens is 2. The highest BCUT2D eigenvalue weighted by Crippen LogP contribution is 2.34. The average molecular weight is 457 g/mol. The van der Waals surface area contributed by atoms with Gasteiger partial charge in [0.1, 0.15) is 10.6 Å². The highest BCUT2D eigenvalue weighted by atomic mass is 35.5. The molecule has 0 saturated carbocycles. The largest absolute Gasteiger partial charge is 0.301 e. The third kappa shape index (κ3) is 3.68. The summed E-state index contributed by atoms with van der Waals surface area (Å²) >= 11 is 8.83. The molecule has 152 valence electrons. The third-order valence-corrected chi connectivity index (χ3v) is 7.62. The molecule has 1 N–H and O–H groups in total. The molecule has 0 saturated heterocycles. The van der Waals surface area contributed by atoms with Crippen LogP contribution in [0.1, 0.15) is 29.5 Å². The fourth-order valence-electron chi connectivity index (χ4n) is 3.92. The second-order valence-electron chi connectivity index (χ2n) is 7.38. The molecule has 1 aliphatic carbocycles. The van der Waals surface area contributed by atoms with Crippen LogP contribution in [0.25, 0.3) is 21.3 Å². The molecule has 2 heterocycles. The molecule has 0 amide bonds. The summed E-state index contributed by atoms with van der Waals surface area (Å²) in [5.41, 5.74) is 5.03. The Morgan fingerprint density at radius 2 is 2.00 bits per heavy atom. The van der Waals surface area contributed by atoms with Crippen LogP contribution < -0.4 is 5.56 Å². The van der Waals surface area contributed by atoms with Crippen LogP contribution in [0.15, 0.2) is 51.7 Å². The van der Waals surface area contributed by atoms with E-state index in [2.05, 4.69) is 28.2 Å². The Morgan fingerprint density at radius 3 is 2.83 bits per heavy atom. The van der Waals surface area contributed by atoms with Crippen molar-refractivity contribution in [3.63, 3.8) is 0 Å². The number of nitrogens with zero attached hydrogens (tertiary/aromatic N) is 1. The van der Waals surface area contributed by atoms with Gasteiger partial charge >= 0.3 is 0 Å². The van der Waals surface area contributed by atoms with Crippen LogP contribution in [0, 0.1) is 5.82 Å². The SMILES string of the molecule is O=c1[nH]c(SCc2c(F)cccc2Cl)nc2scc(-c3ccc4c(c3)CCCC4)c12. The molecule has 30 heavy (non-hydrogen) atoms. The van der Waals surface area contributed by atoms with Crippen LogP contribution >= 0.6 is 34.7 Å². The van der Waals surface area contributed by atoms with E-state index in [1.807, 2.05) is 5.38 Å². The number of hydrogen-bond donors (Lipinski definition) is 1. The molecule has 2 aromatic carbocycles. The van der Waals surface area contributed by atoms with Crippen molar-refractivity contribution in [1.29, 1.82) is 0 Å². The average Bonchev–Trinajstić information content (AvgIpc) is 3.18. The van der Waals surface area contributed by atoms with Crippen molar-refractivity contribution in [3.8, 4) is 11.1 Å². The number of thioether (sulfide) groups is 1. The quantitative estimate of drug-likeness (QED) is 0.277. The molecule has 1 aliphatic rings. The van der Waals surface area contributed by atoms with E-state index in [1.54, 1.807) is 12.1 Å². The zero-order chi connectivity index (χ0) is 20.7. The van der Waals surface area contributed by atoms with Crippen LogP contribution in [0.3, 0.4) is 0 Å². The number of H-pyrrole nitrogens is 1. The smallest absolute Gasteiger partial charge is 0.260 e. The van der Waals surface area contributed by atoms with Crippen molar-refractivity contribution in [2.24, 2.45) is 0 Å². The van der Waals surface area contributed by atoms with E-state index in [9.17, 15) is 9.18 Å². The molecule has 0 bridgehead atoms. The lowest BCUT2D eigenvalue weighted by Crippen LogP contribution is -2.09. The van der Waals surface area contributed by atoms with Crippen LogP contribution in [-0.2, 0) is 18.6 Å². The van der Waals surface area contributed by atoms with Gasteiger partial charge < -0.3 is 4.98 Å².